The number of aromatic hydroxyl groups is 1. The fourth-order valence-electron chi connectivity index (χ4n) is 8.06. The number of ether oxygens (including phenoxy) is 3. The average Bonchev–Trinajstić information content (AvgIpc) is 3.80. The second-order valence-electron chi connectivity index (χ2n) is 16.8. The molecule has 0 spiro atoms. The number of halogens is 1. The Morgan fingerprint density at radius 2 is 1.82 bits per heavy atom. The molecule has 4 N–H and O–H groups in total. The molecule has 3 aromatic rings. The van der Waals surface area contributed by atoms with Crippen LogP contribution in [0.5, 0.6) is 11.5 Å². The molecule has 1 aromatic carbocycles. The standard InChI is InChI=1S/C40H49ClN6O9/c1-8-22-16-40(22,36(51)53-7)46-34(49)28-14-24(17-47(28)35(50)33(39(4,5)6)45-38(52)56-23-12-20-11-21(20)13-23)55-30-15-26(27-18-54-37(44-27)42-19(2)3)43-32-25(30)9-10-29(48)31(32)41/h8-10,15,18-24,28,33,48H,1,11-14,16-17H2,2-7H3,(H,42,44)(H,45,52)(H,46,49)/t20-,21+,22-,23?,24-,28+,33-,40?/m1/s1. The molecule has 4 aliphatic rings. The summed E-state index contributed by atoms with van der Waals surface area (Å²) >= 11 is 6.57. The zero-order valence-electron chi connectivity index (χ0n) is 32.4. The van der Waals surface area contributed by atoms with Crippen LogP contribution in [0, 0.1) is 23.2 Å². The molecular formula is C40H49ClN6O9. The Balaban J connectivity index is 1.20. The number of carbonyl (C=O) groups excluding carboxylic acids is 4. The number of carbonyl (C=O) groups is 4. The number of alkyl carbamates (subject to hydrolysis) is 1. The number of benzene rings is 1. The van der Waals surface area contributed by atoms with Crippen molar-refractivity contribution in [1.82, 2.24) is 25.5 Å². The molecule has 0 radical (unpaired) electrons. The molecule has 2 unspecified atom stereocenters. The normalized spacial score (nSPS) is 27.0. The van der Waals surface area contributed by atoms with Gasteiger partial charge >= 0.3 is 12.1 Å². The van der Waals surface area contributed by atoms with E-state index >= 15 is 0 Å². The van der Waals surface area contributed by atoms with E-state index in [2.05, 4.69) is 32.5 Å². The van der Waals surface area contributed by atoms with E-state index in [9.17, 15) is 24.3 Å². The van der Waals surface area contributed by atoms with Crippen molar-refractivity contribution in [3.8, 4) is 22.9 Å². The largest absolute Gasteiger partial charge is 0.506 e. The highest BCUT2D eigenvalue weighted by atomic mass is 35.5. The lowest BCUT2D eigenvalue weighted by Gasteiger charge is -2.35. The number of methoxy groups -OCH3 is 1. The van der Waals surface area contributed by atoms with Gasteiger partial charge in [-0.05, 0) is 68.9 Å². The van der Waals surface area contributed by atoms with E-state index in [1.807, 2.05) is 34.6 Å². The van der Waals surface area contributed by atoms with Gasteiger partial charge in [-0.25, -0.2) is 14.6 Å². The van der Waals surface area contributed by atoms with Crippen molar-refractivity contribution in [3.05, 3.63) is 42.1 Å². The van der Waals surface area contributed by atoms with Crippen molar-refractivity contribution in [2.75, 3.05) is 19.0 Å². The van der Waals surface area contributed by atoms with Gasteiger partial charge in [0, 0.05) is 29.8 Å². The van der Waals surface area contributed by atoms with E-state index in [1.165, 1.54) is 30.8 Å². The Morgan fingerprint density at radius 3 is 2.46 bits per heavy atom. The highest BCUT2D eigenvalue weighted by Crippen LogP contribution is 2.52. The summed E-state index contributed by atoms with van der Waals surface area (Å²) in [5.41, 5.74) is -1.17. The van der Waals surface area contributed by atoms with Gasteiger partial charge in [-0.2, -0.15) is 4.98 Å². The number of oxazole rings is 1. The van der Waals surface area contributed by atoms with Gasteiger partial charge in [0.15, 0.2) is 0 Å². The van der Waals surface area contributed by atoms with Crippen molar-refractivity contribution in [2.24, 2.45) is 23.2 Å². The third-order valence-corrected chi connectivity index (χ3v) is 11.6. The maximum Gasteiger partial charge on any atom is 0.408 e. The predicted octanol–water partition coefficient (Wildman–Crippen LogP) is 5.59. The van der Waals surface area contributed by atoms with Crippen molar-refractivity contribution in [2.45, 2.75) is 103 Å². The van der Waals surface area contributed by atoms with Gasteiger partial charge < -0.3 is 44.6 Å². The number of nitrogens with zero attached hydrogens (tertiary/aromatic N) is 3. The van der Waals surface area contributed by atoms with Crippen LogP contribution < -0.4 is 20.7 Å². The zero-order valence-corrected chi connectivity index (χ0v) is 33.1. The summed E-state index contributed by atoms with van der Waals surface area (Å²) in [5, 5.41) is 19.7. The van der Waals surface area contributed by atoms with E-state index in [-0.39, 0.29) is 53.3 Å². The van der Waals surface area contributed by atoms with Crippen LogP contribution in [0.1, 0.15) is 66.7 Å². The first-order valence-electron chi connectivity index (χ1n) is 19.0. The second-order valence-corrected chi connectivity index (χ2v) is 17.2. The van der Waals surface area contributed by atoms with Crippen LogP contribution in [0.15, 0.2) is 41.5 Å². The number of hydrogen-bond donors (Lipinski definition) is 4. The minimum Gasteiger partial charge on any atom is -0.506 e. The van der Waals surface area contributed by atoms with E-state index < -0.39 is 53.0 Å². The van der Waals surface area contributed by atoms with E-state index in [0.717, 1.165) is 12.8 Å². The Morgan fingerprint density at radius 1 is 1.09 bits per heavy atom. The van der Waals surface area contributed by atoms with Gasteiger partial charge in [0.2, 0.25) is 11.8 Å². The number of anilines is 1. The number of rotatable bonds is 12. The minimum atomic E-state index is -1.31. The van der Waals surface area contributed by atoms with Crippen LogP contribution >= 0.6 is 11.6 Å². The molecule has 3 saturated carbocycles. The molecule has 3 aliphatic carbocycles. The highest BCUT2D eigenvalue weighted by Gasteiger charge is 2.62. The quantitative estimate of drug-likeness (QED) is 0.131. The number of pyridine rings is 1. The molecule has 4 fully saturated rings. The number of esters is 1. The molecule has 16 heteroatoms. The van der Waals surface area contributed by atoms with Crippen LogP contribution in [-0.4, -0.2) is 93.4 Å². The molecule has 56 heavy (non-hydrogen) atoms. The van der Waals surface area contributed by atoms with Gasteiger partial charge in [-0.1, -0.05) is 38.4 Å². The summed E-state index contributed by atoms with van der Waals surface area (Å²) in [6, 6.07) is 2.84. The third-order valence-electron chi connectivity index (χ3n) is 11.2. The second kappa shape index (κ2) is 14.8. The summed E-state index contributed by atoms with van der Waals surface area (Å²) in [6.45, 7) is 13.1. The summed E-state index contributed by atoms with van der Waals surface area (Å²) in [5.74, 6) is -0.758. The molecule has 1 aliphatic heterocycles. The Labute approximate surface area is 329 Å². The van der Waals surface area contributed by atoms with Crippen molar-refractivity contribution < 1.29 is 42.9 Å². The topological polar surface area (TPSA) is 194 Å². The summed E-state index contributed by atoms with van der Waals surface area (Å²) in [4.78, 5) is 65.7. The fraction of sp³-hybridized carbons (Fsp3) is 0.550. The third kappa shape index (κ3) is 7.69. The smallest absolute Gasteiger partial charge is 0.408 e. The van der Waals surface area contributed by atoms with Crippen LogP contribution in [0.3, 0.4) is 0 Å². The summed E-state index contributed by atoms with van der Waals surface area (Å²) < 4.78 is 23.0. The fourth-order valence-corrected chi connectivity index (χ4v) is 8.27. The van der Waals surface area contributed by atoms with Crippen LogP contribution in [0.2, 0.25) is 5.02 Å². The molecule has 300 valence electrons. The molecule has 0 bridgehead atoms. The first-order chi connectivity index (χ1) is 26.5. The van der Waals surface area contributed by atoms with Crippen LogP contribution in [0.4, 0.5) is 10.8 Å². The number of phenols is 1. The first-order valence-corrected chi connectivity index (χ1v) is 19.4. The van der Waals surface area contributed by atoms with E-state index in [1.54, 1.807) is 18.2 Å². The number of nitrogens with one attached hydrogen (secondary N) is 3. The average molecular weight is 793 g/mol. The molecule has 15 nitrogen and oxygen atoms in total. The number of hydrogen-bond acceptors (Lipinski definition) is 12. The van der Waals surface area contributed by atoms with Gasteiger partial charge in [-0.15, -0.1) is 6.58 Å². The van der Waals surface area contributed by atoms with Crippen LogP contribution in [0.25, 0.3) is 22.3 Å². The van der Waals surface area contributed by atoms with E-state index in [4.69, 9.17) is 30.2 Å². The van der Waals surface area contributed by atoms with Crippen molar-refractivity contribution >= 4 is 52.4 Å². The monoisotopic (exact) mass is 792 g/mol. The Bertz CT molecular complexity index is 2050. The number of aromatic nitrogens is 2. The maximum atomic E-state index is 14.7. The molecule has 3 heterocycles. The lowest BCUT2D eigenvalue weighted by Crippen LogP contribution is -2.59. The predicted molar refractivity (Wildman–Crippen MR) is 206 cm³/mol. The Kier molecular flexibility index (Phi) is 10.4. The van der Waals surface area contributed by atoms with Gasteiger partial charge in [0.25, 0.3) is 6.01 Å². The first kappa shape index (κ1) is 39.2. The summed E-state index contributed by atoms with van der Waals surface area (Å²) in [7, 11) is 1.25. The minimum absolute atomic E-state index is 0.00590. The number of amides is 3. The lowest BCUT2D eigenvalue weighted by molar-refractivity contribution is -0.148. The number of fused-ring (bicyclic) bond motifs is 2. The zero-order chi connectivity index (χ0) is 40.3. The van der Waals surface area contributed by atoms with Crippen molar-refractivity contribution in [3.63, 3.8) is 0 Å². The molecule has 8 atom stereocenters. The molecule has 2 aromatic heterocycles. The van der Waals surface area contributed by atoms with Gasteiger partial charge in [0.1, 0.15) is 58.3 Å². The van der Waals surface area contributed by atoms with Crippen molar-refractivity contribution in [1.29, 1.82) is 0 Å². The molecule has 3 amide bonds. The van der Waals surface area contributed by atoms with Gasteiger partial charge in [-0.3, -0.25) is 9.59 Å². The van der Waals surface area contributed by atoms with E-state index in [0.29, 0.717) is 40.8 Å². The highest BCUT2D eigenvalue weighted by molar-refractivity contribution is 6.36. The summed E-state index contributed by atoms with van der Waals surface area (Å²) in [6.07, 6.45) is 4.49. The number of likely N-dealkylation sites (tertiary alicyclic amines) is 1. The number of phenolic OH excluding ortho intramolecular Hbond substituents is 1. The molecule has 1 saturated heterocycles. The Hall–Kier alpha value is -5.05. The molecule has 7 rings (SSSR count). The van der Waals surface area contributed by atoms with Crippen LogP contribution in [-0.2, 0) is 23.9 Å². The SMILES string of the molecule is C=C[C@@H]1CC1(NC(=O)[C@@H]1C[C@@H](Oc2cc(-c3coc(NC(C)C)n3)nc3c(Cl)c(O)ccc23)CN1C(=O)[C@@H](NC(=O)OC1C[C@@H]2C[C@@H]2C1)C(C)(C)C)C(=O)OC. The molecular weight excluding hydrogens is 744 g/mol. The lowest BCUT2D eigenvalue weighted by atomic mass is 9.85. The maximum absolute atomic E-state index is 14.7. The van der Waals surface area contributed by atoms with Gasteiger partial charge in [0.05, 0.1) is 24.9 Å².